The monoisotopic (exact) mass is 425 g/mol. The zero-order chi connectivity index (χ0) is 20.4. The normalized spacial score (nSPS) is 15.3. The molecule has 2 aromatic rings. The van der Waals surface area contributed by atoms with Gasteiger partial charge in [-0.1, -0.05) is 51.9 Å². The molecule has 2 atom stereocenters. The summed E-state index contributed by atoms with van der Waals surface area (Å²) in [5.41, 5.74) is 1.15. The molecule has 0 radical (unpaired) electrons. The van der Waals surface area contributed by atoms with Crippen LogP contribution in [0.4, 0.5) is 4.39 Å². The fraction of sp³-hybridized carbons (Fsp3) is 0.429. The molecular weight excluding hydrogens is 400 g/mol. The molecule has 152 valence electrons. The van der Waals surface area contributed by atoms with Crippen LogP contribution in [0.3, 0.4) is 0 Å². The largest absolute Gasteiger partial charge is 0.494 e. The topological polar surface area (TPSA) is 54.6 Å². The minimum Gasteiger partial charge on any atom is -0.494 e. The lowest BCUT2D eigenvalue weighted by Gasteiger charge is -2.25. The number of ether oxygens (including phenoxy) is 1. The molecule has 2 N–H and O–H groups in total. The van der Waals surface area contributed by atoms with Crippen LogP contribution in [0, 0.1) is 5.82 Å². The number of rotatable bonds is 7. The molecule has 0 saturated carbocycles. The number of halogens is 2. The number of fused-ring (bicyclic) bond motifs is 1. The second-order valence-corrected chi connectivity index (χ2v) is 10.3. The molecule has 0 aliphatic heterocycles. The highest BCUT2D eigenvalue weighted by Crippen LogP contribution is 2.45. The molecule has 3 rings (SSSR count). The predicted octanol–water partition coefficient (Wildman–Crippen LogP) is 6.28. The van der Waals surface area contributed by atoms with Crippen LogP contribution in [-0.2, 0) is 6.42 Å². The predicted molar refractivity (Wildman–Crippen MR) is 114 cm³/mol. The van der Waals surface area contributed by atoms with Gasteiger partial charge in [0.05, 0.1) is 10.7 Å². The first-order valence-corrected chi connectivity index (χ1v) is 11.8. The molecule has 2 unspecified atom stereocenters. The van der Waals surface area contributed by atoms with Gasteiger partial charge in [-0.25, -0.2) is 8.96 Å². The van der Waals surface area contributed by atoms with E-state index in [1.54, 1.807) is 6.08 Å². The molecule has 1 aliphatic carbocycles. The molecule has 0 spiro atoms. The zero-order valence-electron chi connectivity index (χ0n) is 16.4. The molecule has 1 aromatic carbocycles. The van der Waals surface area contributed by atoms with Gasteiger partial charge in [-0.3, -0.25) is 0 Å². The molecule has 28 heavy (non-hydrogen) atoms. The van der Waals surface area contributed by atoms with Crippen LogP contribution in [0.25, 0.3) is 11.8 Å². The van der Waals surface area contributed by atoms with Crippen molar-refractivity contribution < 1.29 is 19.3 Å². The number of allylic oxidation sites excluding steroid dienone is 1. The number of aromatic nitrogens is 1. The Bertz CT molecular complexity index is 897. The number of aromatic hydroxyl groups is 2. The minimum atomic E-state index is -0.641. The standard InChI is InChI=1S/C21H26ClFNO3P/c1-4-10-28(5-2)13(3)27-19-12-18(17(23)11-16(19)22)24-20(25)14-8-6-7-9-15(14)21(24)26/h6,8,11-13,25-26H,4-5,7,9-10H2,1-3H3. The summed E-state index contributed by atoms with van der Waals surface area (Å²) in [6.07, 6.45) is 8.23. The van der Waals surface area contributed by atoms with Crippen LogP contribution in [0.1, 0.15) is 44.7 Å². The highest BCUT2D eigenvalue weighted by molar-refractivity contribution is 7.58. The number of hydrogen-bond donors (Lipinski definition) is 2. The van der Waals surface area contributed by atoms with Gasteiger partial charge in [0.15, 0.2) is 0 Å². The van der Waals surface area contributed by atoms with Crippen LogP contribution in [0.15, 0.2) is 18.2 Å². The maximum atomic E-state index is 14.7. The quantitative estimate of drug-likeness (QED) is 0.513. The number of hydrogen-bond acceptors (Lipinski definition) is 3. The molecule has 7 heteroatoms. The molecule has 0 fully saturated rings. The van der Waals surface area contributed by atoms with E-state index < -0.39 is 5.82 Å². The van der Waals surface area contributed by atoms with E-state index in [9.17, 15) is 14.6 Å². The molecule has 0 amide bonds. The Balaban J connectivity index is 2.02. The Morgan fingerprint density at radius 2 is 2.04 bits per heavy atom. The van der Waals surface area contributed by atoms with E-state index in [2.05, 4.69) is 13.8 Å². The van der Waals surface area contributed by atoms with Crippen LogP contribution in [0.5, 0.6) is 17.5 Å². The summed E-state index contributed by atoms with van der Waals surface area (Å²) in [5.74, 6) is -0.662. The van der Waals surface area contributed by atoms with E-state index in [0.717, 1.165) is 29.7 Å². The van der Waals surface area contributed by atoms with Gasteiger partial charge in [0.1, 0.15) is 17.4 Å². The highest BCUT2D eigenvalue weighted by atomic mass is 35.5. The summed E-state index contributed by atoms with van der Waals surface area (Å²) in [4.78, 5) is 0. The lowest BCUT2D eigenvalue weighted by molar-refractivity contribution is 0.301. The van der Waals surface area contributed by atoms with Crippen LogP contribution in [-0.4, -0.2) is 32.9 Å². The Morgan fingerprint density at radius 3 is 2.68 bits per heavy atom. The minimum absolute atomic E-state index is 0.0146. The van der Waals surface area contributed by atoms with Crippen molar-refractivity contribution in [2.24, 2.45) is 0 Å². The summed E-state index contributed by atoms with van der Waals surface area (Å²) in [6.45, 7) is 6.31. The SMILES string of the molecule is CCCP(CC)C(C)Oc1cc(-n2c(O)c3c(c2O)CCC=C3)c(F)cc1Cl. The maximum absolute atomic E-state index is 14.7. The summed E-state index contributed by atoms with van der Waals surface area (Å²) in [5, 5.41) is 21.4. The third-order valence-electron chi connectivity index (χ3n) is 5.08. The van der Waals surface area contributed by atoms with Crippen molar-refractivity contribution in [2.45, 2.75) is 45.9 Å². The lowest BCUT2D eigenvalue weighted by atomic mass is 10.0. The van der Waals surface area contributed by atoms with E-state index in [1.807, 2.05) is 13.0 Å². The van der Waals surface area contributed by atoms with Crippen molar-refractivity contribution in [3.05, 3.63) is 40.2 Å². The van der Waals surface area contributed by atoms with Gasteiger partial charge in [-0.2, -0.15) is 0 Å². The summed E-state index contributed by atoms with van der Waals surface area (Å²) in [6, 6.07) is 2.62. The first-order valence-electron chi connectivity index (χ1n) is 9.61. The Labute approximate surface area is 171 Å². The molecule has 1 aromatic heterocycles. The number of nitrogens with zero attached hydrogens (tertiary/aromatic N) is 1. The van der Waals surface area contributed by atoms with E-state index >= 15 is 0 Å². The third kappa shape index (κ3) is 3.88. The second-order valence-electron chi connectivity index (χ2n) is 6.90. The van der Waals surface area contributed by atoms with Crippen molar-refractivity contribution in [3.8, 4) is 23.2 Å². The summed E-state index contributed by atoms with van der Waals surface area (Å²) < 4.78 is 21.9. The van der Waals surface area contributed by atoms with Crippen LogP contribution in [0.2, 0.25) is 5.02 Å². The Hall–Kier alpha value is -1.71. The van der Waals surface area contributed by atoms with Gasteiger partial charge in [0, 0.05) is 17.2 Å². The van der Waals surface area contributed by atoms with Gasteiger partial charge in [0.2, 0.25) is 11.8 Å². The lowest BCUT2D eigenvalue weighted by Crippen LogP contribution is -2.13. The highest BCUT2D eigenvalue weighted by Gasteiger charge is 2.26. The fourth-order valence-electron chi connectivity index (χ4n) is 3.61. The molecule has 0 saturated heterocycles. The maximum Gasteiger partial charge on any atom is 0.206 e. The van der Waals surface area contributed by atoms with E-state index in [-0.39, 0.29) is 36.2 Å². The molecular formula is C21H26ClFNO3P. The summed E-state index contributed by atoms with van der Waals surface area (Å²) >= 11 is 6.24. The van der Waals surface area contributed by atoms with E-state index in [0.29, 0.717) is 23.3 Å². The third-order valence-corrected chi connectivity index (χ3v) is 8.34. The van der Waals surface area contributed by atoms with Crippen molar-refractivity contribution >= 4 is 25.6 Å². The zero-order valence-corrected chi connectivity index (χ0v) is 18.0. The average Bonchev–Trinajstić information content (AvgIpc) is 2.93. The average molecular weight is 426 g/mol. The van der Waals surface area contributed by atoms with E-state index in [1.165, 1.54) is 12.1 Å². The molecule has 4 nitrogen and oxygen atoms in total. The van der Waals surface area contributed by atoms with Gasteiger partial charge in [0.25, 0.3) is 0 Å². The molecule has 1 aliphatic rings. The van der Waals surface area contributed by atoms with Gasteiger partial charge in [-0.05, 0) is 38.2 Å². The smallest absolute Gasteiger partial charge is 0.206 e. The first kappa shape index (κ1) is 21.0. The van der Waals surface area contributed by atoms with E-state index in [4.69, 9.17) is 16.3 Å². The fourth-order valence-corrected chi connectivity index (χ4v) is 5.84. The Kier molecular flexibility index (Phi) is 6.57. The molecule has 1 heterocycles. The summed E-state index contributed by atoms with van der Waals surface area (Å²) in [7, 11) is -0.327. The first-order chi connectivity index (χ1) is 13.4. The van der Waals surface area contributed by atoms with Crippen LogP contribution < -0.4 is 4.74 Å². The van der Waals surface area contributed by atoms with Crippen molar-refractivity contribution in [1.29, 1.82) is 0 Å². The molecule has 0 bridgehead atoms. The van der Waals surface area contributed by atoms with Crippen molar-refractivity contribution in [3.63, 3.8) is 0 Å². The van der Waals surface area contributed by atoms with Gasteiger partial charge < -0.3 is 14.9 Å². The van der Waals surface area contributed by atoms with Crippen molar-refractivity contribution in [2.75, 3.05) is 12.3 Å². The number of benzene rings is 1. The van der Waals surface area contributed by atoms with Gasteiger partial charge in [-0.15, -0.1) is 0 Å². The Morgan fingerprint density at radius 1 is 1.29 bits per heavy atom. The van der Waals surface area contributed by atoms with Gasteiger partial charge >= 0.3 is 0 Å². The van der Waals surface area contributed by atoms with Crippen molar-refractivity contribution in [1.82, 2.24) is 4.57 Å². The second kappa shape index (κ2) is 8.75. The van der Waals surface area contributed by atoms with Crippen LogP contribution >= 0.6 is 19.5 Å².